The highest BCUT2D eigenvalue weighted by atomic mass is 16.7. The maximum atomic E-state index is 13.3. The molecule has 3 aromatic carbocycles. The van der Waals surface area contributed by atoms with Crippen molar-refractivity contribution in [3.05, 3.63) is 112 Å². The smallest absolute Gasteiger partial charge is 0.343 e. The molecular formula is C27H24N2O3. The maximum Gasteiger partial charge on any atom is 0.343 e. The first-order valence-electron chi connectivity index (χ1n) is 11.0. The predicted molar refractivity (Wildman–Crippen MR) is 124 cm³/mol. The monoisotopic (exact) mass is 424 g/mol. The number of hydrogen-bond acceptors (Lipinski definition) is 5. The van der Waals surface area contributed by atoms with Crippen LogP contribution < -0.4 is 10.5 Å². The van der Waals surface area contributed by atoms with E-state index in [9.17, 15) is 4.79 Å². The van der Waals surface area contributed by atoms with Crippen LogP contribution >= 0.6 is 0 Å². The summed E-state index contributed by atoms with van der Waals surface area (Å²) in [7, 11) is 1.92. The minimum Gasteiger partial charge on any atom is -0.422 e. The van der Waals surface area contributed by atoms with Crippen molar-refractivity contribution in [2.24, 2.45) is 5.92 Å². The Hall–Kier alpha value is -3.41. The van der Waals surface area contributed by atoms with E-state index >= 15 is 0 Å². The van der Waals surface area contributed by atoms with E-state index in [1.54, 1.807) is 0 Å². The molecule has 6 rings (SSSR count). The molecule has 3 atom stereocenters. The molecule has 1 aromatic heterocycles. The lowest BCUT2D eigenvalue weighted by molar-refractivity contribution is -0.146. The normalized spacial score (nSPS) is 22.7. The molecule has 1 saturated heterocycles. The summed E-state index contributed by atoms with van der Waals surface area (Å²) >= 11 is 0. The lowest BCUT2D eigenvalue weighted by atomic mass is 9.82. The molecule has 0 aliphatic carbocycles. The molecule has 0 bridgehead atoms. The van der Waals surface area contributed by atoms with Gasteiger partial charge in [-0.2, -0.15) is 5.06 Å². The lowest BCUT2D eigenvalue weighted by Crippen LogP contribution is -2.42. The highest BCUT2D eigenvalue weighted by molar-refractivity contribution is 5.92. The van der Waals surface area contributed by atoms with Crippen LogP contribution in [0.3, 0.4) is 0 Å². The van der Waals surface area contributed by atoms with Crippen molar-refractivity contribution in [3.8, 4) is 0 Å². The Balaban J connectivity index is 1.54. The van der Waals surface area contributed by atoms with E-state index in [-0.39, 0.29) is 23.7 Å². The summed E-state index contributed by atoms with van der Waals surface area (Å²) < 4.78 is 5.79. The second-order valence-corrected chi connectivity index (χ2v) is 8.61. The third-order valence-electron chi connectivity index (χ3n) is 6.67. The molecule has 5 nitrogen and oxygen atoms in total. The molecule has 0 N–H and O–H groups in total. The number of nitrogens with zero attached hydrogens (tertiary/aromatic N) is 2. The van der Waals surface area contributed by atoms with Crippen LogP contribution in [0, 0.1) is 5.92 Å². The topological polar surface area (TPSA) is 45.9 Å². The van der Waals surface area contributed by atoms with E-state index in [0.717, 1.165) is 29.7 Å². The minimum absolute atomic E-state index is 0.0997. The van der Waals surface area contributed by atoms with Crippen LogP contribution in [0.1, 0.15) is 28.8 Å². The van der Waals surface area contributed by atoms with Crippen LogP contribution in [0.5, 0.6) is 0 Å². The Labute approximate surface area is 186 Å². The quantitative estimate of drug-likeness (QED) is 0.429. The van der Waals surface area contributed by atoms with Gasteiger partial charge in [0, 0.05) is 31.4 Å². The van der Waals surface area contributed by atoms with E-state index < -0.39 is 0 Å². The van der Waals surface area contributed by atoms with E-state index in [1.807, 2.05) is 60.6 Å². The highest BCUT2D eigenvalue weighted by Gasteiger charge is 2.50. The second-order valence-electron chi connectivity index (χ2n) is 8.61. The third-order valence-corrected chi connectivity index (χ3v) is 6.67. The van der Waals surface area contributed by atoms with E-state index in [1.165, 1.54) is 5.56 Å². The zero-order valence-electron chi connectivity index (χ0n) is 17.8. The Morgan fingerprint density at radius 1 is 0.906 bits per heavy atom. The summed E-state index contributed by atoms with van der Waals surface area (Å²) in [6.07, 6.45) is -0.122. The Morgan fingerprint density at radius 2 is 1.59 bits per heavy atom. The van der Waals surface area contributed by atoms with Crippen LogP contribution in [-0.2, 0) is 11.4 Å². The number of rotatable bonds is 3. The van der Waals surface area contributed by atoms with Gasteiger partial charge in [0.05, 0.1) is 17.3 Å². The first-order valence-corrected chi connectivity index (χ1v) is 11.0. The molecule has 160 valence electrons. The minimum atomic E-state index is -0.282. The summed E-state index contributed by atoms with van der Waals surface area (Å²) in [5, 5.41) is 2.82. The number of hydrogen-bond donors (Lipinski definition) is 0. The number of anilines is 1. The van der Waals surface area contributed by atoms with Gasteiger partial charge in [-0.3, -0.25) is 4.84 Å². The summed E-state index contributed by atoms with van der Waals surface area (Å²) in [5.74, 6) is 0.0997. The molecule has 0 spiro atoms. The van der Waals surface area contributed by atoms with E-state index in [0.29, 0.717) is 11.1 Å². The molecule has 0 radical (unpaired) electrons. The fourth-order valence-corrected chi connectivity index (χ4v) is 5.34. The van der Waals surface area contributed by atoms with Crippen molar-refractivity contribution in [2.45, 2.75) is 18.7 Å². The fraction of sp³-hybridized carbons (Fsp3) is 0.222. The van der Waals surface area contributed by atoms with Crippen LogP contribution in [0.2, 0.25) is 0 Å². The number of hydroxylamine groups is 2. The molecule has 0 amide bonds. The molecule has 1 fully saturated rings. The zero-order valence-corrected chi connectivity index (χ0v) is 17.8. The van der Waals surface area contributed by atoms with Crippen LogP contribution in [-0.4, -0.2) is 18.7 Å². The average molecular weight is 425 g/mol. The van der Waals surface area contributed by atoms with Gasteiger partial charge in [0.2, 0.25) is 0 Å². The van der Waals surface area contributed by atoms with Crippen LogP contribution in [0.15, 0.2) is 94.1 Å². The highest BCUT2D eigenvalue weighted by Crippen LogP contribution is 2.52. The standard InChI is InChI=1S/C27H24N2O3/c1-28-24-21(26(32-28)19-12-6-3-7-13-19)17-29(16-18-10-4-2-5-11-18)25-20-14-8-9-15-22(20)31-27(30)23(24)25/h2-15,21,24,26H,16-17H2,1H3/t21-,24-,26+/m1/s1. The van der Waals surface area contributed by atoms with Gasteiger partial charge in [0.15, 0.2) is 0 Å². The summed E-state index contributed by atoms with van der Waals surface area (Å²) in [4.78, 5) is 22.0. The Bertz CT molecular complexity index is 1320. The summed E-state index contributed by atoms with van der Waals surface area (Å²) in [6.45, 7) is 1.50. The number of fused-ring (bicyclic) bond motifs is 5. The van der Waals surface area contributed by atoms with Gasteiger partial charge in [0.1, 0.15) is 11.7 Å². The molecular weight excluding hydrogens is 400 g/mol. The van der Waals surface area contributed by atoms with Gasteiger partial charge < -0.3 is 9.32 Å². The van der Waals surface area contributed by atoms with Gasteiger partial charge in [-0.25, -0.2) is 4.79 Å². The van der Waals surface area contributed by atoms with Gasteiger partial charge in [-0.15, -0.1) is 0 Å². The first kappa shape index (κ1) is 19.3. The number of benzene rings is 3. The Morgan fingerprint density at radius 3 is 2.38 bits per heavy atom. The van der Waals surface area contributed by atoms with Crippen molar-refractivity contribution in [3.63, 3.8) is 0 Å². The van der Waals surface area contributed by atoms with Crippen molar-refractivity contribution in [1.82, 2.24) is 5.06 Å². The predicted octanol–water partition coefficient (Wildman–Crippen LogP) is 5.09. The van der Waals surface area contributed by atoms with Crippen molar-refractivity contribution in [1.29, 1.82) is 0 Å². The van der Waals surface area contributed by atoms with Crippen LogP contribution in [0.4, 0.5) is 5.69 Å². The zero-order chi connectivity index (χ0) is 21.7. The molecule has 32 heavy (non-hydrogen) atoms. The summed E-state index contributed by atoms with van der Waals surface area (Å²) in [5.41, 5.74) is 4.32. The second kappa shape index (κ2) is 7.62. The van der Waals surface area contributed by atoms with Gasteiger partial charge in [-0.05, 0) is 23.3 Å². The maximum absolute atomic E-state index is 13.3. The molecule has 0 unspecified atom stereocenters. The van der Waals surface area contributed by atoms with Gasteiger partial charge >= 0.3 is 5.63 Å². The van der Waals surface area contributed by atoms with Gasteiger partial charge in [0.25, 0.3) is 0 Å². The van der Waals surface area contributed by atoms with Gasteiger partial charge in [-0.1, -0.05) is 72.8 Å². The van der Waals surface area contributed by atoms with E-state index in [4.69, 9.17) is 9.25 Å². The molecule has 2 aliphatic rings. The SMILES string of the molecule is CN1O[C@@H](c2ccccc2)[C@@H]2CN(Cc3ccccc3)c3c(c(=O)oc4ccccc34)[C@@H]21. The largest absolute Gasteiger partial charge is 0.422 e. The molecule has 5 heteroatoms. The molecule has 4 aromatic rings. The third kappa shape index (κ3) is 3.05. The van der Waals surface area contributed by atoms with Crippen LogP contribution in [0.25, 0.3) is 11.0 Å². The fourth-order valence-electron chi connectivity index (χ4n) is 5.34. The molecule has 2 aliphatic heterocycles. The van der Waals surface area contributed by atoms with Crippen molar-refractivity contribution in [2.75, 3.05) is 18.5 Å². The molecule has 3 heterocycles. The Kier molecular flexibility index (Phi) is 4.59. The average Bonchev–Trinajstić information content (AvgIpc) is 3.16. The van der Waals surface area contributed by atoms with Crippen molar-refractivity contribution >= 4 is 16.7 Å². The molecule has 0 saturated carbocycles. The summed E-state index contributed by atoms with van der Waals surface area (Å²) in [6, 6.07) is 28.3. The lowest BCUT2D eigenvalue weighted by Gasteiger charge is -2.39. The number of para-hydroxylation sites is 1. The van der Waals surface area contributed by atoms with E-state index in [2.05, 4.69) is 41.3 Å². The van der Waals surface area contributed by atoms with Crippen molar-refractivity contribution < 1.29 is 9.25 Å². The first-order chi connectivity index (χ1) is 15.7.